The zero-order chi connectivity index (χ0) is 7.40. The average Bonchev–Trinajstić information content (AvgIpc) is 1.88. The monoisotopic (exact) mass is 158 g/mol. The molecule has 0 fully saturated rings. The van der Waals surface area contributed by atoms with E-state index in [-0.39, 0.29) is 0 Å². The highest BCUT2D eigenvalue weighted by molar-refractivity contribution is 8.13. The molecular formula is C7H14N2S. The van der Waals surface area contributed by atoms with Crippen molar-refractivity contribution in [3.05, 3.63) is 0 Å². The van der Waals surface area contributed by atoms with E-state index in [1.165, 1.54) is 19.3 Å². The molecule has 0 aliphatic carbocycles. The Morgan fingerprint density at radius 3 is 3.20 bits per heavy atom. The van der Waals surface area contributed by atoms with Crippen LogP contribution in [-0.2, 0) is 0 Å². The summed E-state index contributed by atoms with van der Waals surface area (Å²) in [6.45, 7) is 2.19. The number of hydrogen-bond donors (Lipinski definition) is 1. The molecule has 0 spiro atoms. The van der Waals surface area contributed by atoms with Gasteiger partial charge >= 0.3 is 0 Å². The second kappa shape index (κ2) is 3.86. The zero-order valence-electron chi connectivity index (χ0n) is 6.34. The molecule has 1 atom stereocenters. The summed E-state index contributed by atoms with van der Waals surface area (Å²) in [4.78, 5) is 4.33. The second-order valence-corrected chi connectivity index (χ2v) is 3.66. The van der Waals surface area contributed by atoms with Crippen LogP contribution >= 0.6 is 11.8 Å². The summed E-state index contributed by atoms with van der Waals surface area (Å²) in [6.07, 6.45) is 3.62. The summed E-state index contributed by atoms with van der Waals surface area (Å²) in [6, 6.07) is 0.520. The topological polar surface area (TPSA) is 38.4 Å². The van der Waals surface area contributed by atoms with Gasteiger partial charge in [0.1, 0.15) is 0 Å². The molecule has 10 heavy (non-hydrogen) atoms. The molecule has 0 aromatic heterocycles. The van der Waals surface area contributed by atoms with Crippen molar-refractivity contribution < 1.29 is 0 Å². The fraction of sp³-hybridized carbons (Fsp3) is 0.857. The van der Waals surface area contributed by atoms with Gasteiger partial charge in [0.15, 0.2) is 5.17 Å². The van der Waals surface area contributed by atoms with Crippen LogP contribution in [0.2, 0.25) is 0 Å². The van der Waals surface area contributed by atoms with E-state index < -0.39 is 0 Å². The highest BCUT2D eigenvalue weighted by Crippen LogP contribution is 2.17. The lowest BCUT2D eigenvalue weighted by molar-refractivity contribution is 0.591. The molecule has 0 radical (unpaired) electrons. The SMILES string of the molecule is CCC[C@@H]1CCSC(N)=N1. The Morgan fingerprint density at radius 1 is 1.80 bits per heavy atom. The van der Waals surface area contributed by atoms with Gasteiger partial charge in [-0.2, -0.15) is 0 Å². The summed E-state index contributed by atoms with van der Waals surface area (Å²) in [5, 5.41) is 0.782. The largest absolute Gasteiger partial charge is 0.379 e. The Bertz CT molecular complexity index is 134. The van der Waals surface area contributed by atoms with Crippen LogP contribution in [0.4, 0.5) is 0 Å². The van der Waals surface area contributed by atoms with Crippen molar-refractivity contribution in [3.8, 4) is 0 Å². The molecule has 0 unspecified atom stereocenters. The third-order valence-corrected chi connectivity index (χ3v) is 2.47. The molecule has 0 bridgehead atoms. The lowest BCUT2D eigenvalue weighted by Crippen LogP contribution is -2.19. The van der Waals surface area contributed by atoms with Crippen molar-refractivity contribution in [2.75, 3.05) is 5.75 Å². The van der Waals surface area contributed by atoms with E-state index in [1.807, 2.05) is 0 Å². The Labute approximate surface area is 66.3 Å². The molecule has 3 heteroatoms. The van der Waals surface area contributed by atoms with E-state index in [1.54, 1.807) is 11.8 Å². The number of rotatable bonds is 2. The molecular weight excluding hydrogens is 144 g/mol. The quantitative estimate of drug-likeness (QED) is 0.663. The van der Waals surface area contributed by atoms with E-state index in [0.717, 1.165) is 10.9 Å². The summed E-state index contributed by atoms with van der Waals surface area (Å²) < 4.78 is 0. The van der Waals surface area contributed by atoms with Crippen LogP contribution in [0.3, 0.4) is 0 Å². The van der Waals surface area contributed by atoms with Crippen LogP contribution in [0.25, 0.3) is 0 Å². The minimum absolute atomic E-state index is 0.520. The predicted molar refractivity (Wildman–Crippen MR) is 47.4 cm³/mol. The lowest BCUT2D eigenvalue weighted by Gasteiger charge is -2.16. The van der Waals surface area contributed by atoms with Crippen molar-refractivity contribution in [2.24, 2.45) is 10.7 Å². The maximum absolute atomic E-state index is 5.57. The number of nitrogens with two attached hydrogens (primary N) is 1. The smallest absolute Gasteiger partial charge is 0.154 e. The van der Waals surface area contributed by atoms with Crippen LogP contribution in [0, 0.1) is 0 Å². The standard InChI is InChI=1S/C7H14N2S/c1-2-3-6-4-5-10-7(8)9-6/h6H,2-5H2,1H3,(H2,8,9)/t6-/m1/s1. The van der Waals surface area contributed by atoms with Gasteiger partial charge in [0.25, 0.3) is 0 Å². The highest BCUT2D eigenvalue weighted by Gasteiger charge is 2.11. The highest BCUT2D eigenvalue weighted by atomic mass is 32.2. The summed E-state index contributed by atoms with van der Waals surface area (Å²) in [5.41, 5.74) is 5.57. The summed E-state index contributed by atoms with van der Waals surface area (Å²) in [5.74, 6) is 1.15. The van der Waals surface area contributed by atoms with E-state index >= 15 is 0 Å². The molecule has 1 aliphatic heterocycles. The van der Waals surface area contributed by atoms with Crippen molar-refractivity contribution in [1.29, 1.82) is 0 Å². The van der Waals surface area contributed by atoms with Crippen molar-refractivity contribution in [1.82, 2.24) is 0 Å². The minimum Gasteiger partial charge on any atom is -0.379 e. The molecule has 0 amide bonds. The van der Waals surface area contributed by atoms with Gasteiger partial charge in [-0.1, -0.05) is 25.1 Å². The Balaban J connectivity index is 2.38. The van der Waals surface area contributed by atoms with Crippen molar-refractivity contribution in [2.45, 2.75) is 32.2 Å². The van der Waals surface area contributed by atoms with Gasteiger partial charge in [-0.15, -0.1) is 0 Å². The van der Waals surface area contributed by atoms with Crippen LogP contribution < -0.4 is 5.73 Å². The van der Waals surface area contributed by atoms with Crippen molar-refractivity contribution >= 4 is 16.9 Å². The van der Waals surface area contributed by atoms with Gasteiger partial charge in [-0.25, -0.2) is 0 Å². The third kappa shape index (κ3) is 2.21. The van der Waals surface area contributed by atoms with E-state index in [2.05, 4.69) is 11.9 Å². The molecule has 2 nitrogen and oxygen atoms in total. The number of amidine groups is 1. The first-order valence-electron chi connectivity index (χ1n) is 3.79. The molecule has 0 saturated carbocycles. The van der Waals surface area contributed by atoms with Gasteiger partial charge in [0.05, 0.1) is 6.04 Å². The van der Waals surface area contributed by atoms with Crippen LogP contribution in [0.5, 0.6) is 0 Å². The van der Waals surface area contributed by atoms with Gasteiger partial charge < -0.3 is 5.73 Å². The first-order valence-corrected chi connectivity index (χ1v) is 4.77. The molecule has 1 aliphatic rings. The maximum Gasteiger partial charge on any atom is 0.154 e. The van der Waals surface area contributed by atoms with Crippen LogP contribution in [-0.4, -0.2) is 17.0 Å². The lowest BCUT2D eigenvalue weighted by atomic mass is 10.1. The maximum atomic E-state index is 5.57. The fourth-order valence-corrected chi connectivity index (χ4v) is 1.95. The van der Waals surface area contributed by atoms with E-state index in [9.17, 15) is 0 Å². The number of thioether (sulfide) groups is 1. The van der Waals surface area contributed by atoms with Crippen molar-refractivity contribution in [3.63, 3.8) is 0 Å². The predicted octanol–water partition coefficient (Wildman–Crippen LogP) is 1.61. The summed E-state index contributed by atoms with van der Waals surface area (Å²) in [7, 11) is 0. The molecule has 0 aromatic rings. The molecule has 2 N–H and O–H groups in total. The Kier molecular flexibility index (Phi) is 3.06. The number of nitrogens with zero attached hydrogens (tertiary/aromatic N) is 1. The fourth-order valence-electron chi connectivity index (χ4n) is 1.12. The average molecular weight is 158 g/mol. The van der Waals surface area contributed by atoms with E-state index in [4.69, 9.17) is 5.73 Å². The molecule has 0 aromatic carbocycles. The van der Waals surface area contributed by atoms with Gasteiger partial charge in [-0.05, 0) is 12.8 Å². The summed E-state index contributed by atoms with van der Waals surface area (Å²) >= 11 is 1.68. The first-order chi connectivity index (χ1) is 4.83. The molecule has 1 rings (SSSR count). The Hall–Kier alpha value is -0.180. The van der Waals surface area contributed by atoms with Gasteiger partial charge in [0.2, 0.25) is 0 Å². The molecule has 1 heterocycles. The van der Waals surface area contributed by atoms with Crippen LogP contribution in [0.15, 0.2) is 4.99 Å². The van der Waals surface area contributed by atoms with Crippen LogP contribution in [0.1, 0.15) is 26.2 Å². The second-order valence-electron chi connectivity index (χ2n) is 2.55. The normalized spacial score (nSPS) is 26.1. The minimum atomic E-state index is 0.520. The van der Waals surface area contributed by atoms with E-state index in [0.29, 0.717) is 6.04 Å². The third-order valence-electron chi connectivity index (χ3n) is 1.63. The Morgan fingerprint density at radius 2 is 2.60 bits per heavy atom. The zero-order valence-corrected chi connectivity index (χ0v) is 7.16. The molecule has 0 saturated heterocycles. The molecule has 58 valence electrons. The van der Waals surface area contributed by atoms with Gasteiger partial charge in [0, 0.05) is 5.75 Å². The number of aliphatic imine (C=N–C) groups is 1. The number of hydrogen-bond acceptors (Lipinski definition) is 3. The first kappa shape index (κ1) is 7.92. The van der Waals surface area contributed by atoms with Gasteiger partial charge in [-0.3, -0.25) is 4.99 Å².